The number of thiophene rings is 1. The highest BCUT2D eigenvalue weighted by Gasteiger charge is 2.24. The van der Waals surface area contributed by atoms with Crippen LogP contribution >= 0.6 is 11.3 Å². The van der Waals surface area contributed by atoms with E-state index in [1.54, 1.807) is 11.4 Å². The molecule has 0 bridgehead atoms. The van der Waals surface area contributed by atoms with Gasteiger partial charge < -0.3 is 10.2 Å². The Balaban J connectivity index is 1.89. The molecule has 1 fully saturated rings. The number of hydrogen-bond acceptors (Lipinski definition) is 5. The monoisotopic (exact) mass is 331 g/mol. The standard InChI is InChI=1S/C14H25N3O2S2/c1-3-6-15-10-13-8-14(11-20-13)21(18,19)16-9-12-5-4-7-17(12)2/h8,11-12,15-16H,3-7,9-10H2,1-2H3. The third-order valence-corrected chi connectivity index (χ3v) is 6.34. The molecule has 1 unspecified atom stereocenters. The first-order chi connectivity index (χ1) is 10.0. The van der Waals surface area contributed by atoms with Crippen molar-refractivity contribution in [2.45, 2.75) is 43.7 Å². The molecule has 1 atom stereocenters. The topological polar surface area (TPSA) is 61.4 Å². The molecule has 0 spiro atoms. The first-order valence-corrected chi connectivity index (χ1v) is 9.87. The highest BCUT2D eigenvalue weighted by atomic mass is 32.2. The number of likely N-dealkylation sites (N-methyl/N-ethyl adjacent to an activating group) is 1. The van der Waals surface area contributed by atoms with E-state index in [0.717, 1.165) is 43.8 Å². The second-order valence-electron chi connectivity index (χ2n) is 5.55. The molecule has 2 rings (SSSR count). The summed E-state index contributed by atoms with van der Waals surface area (Å²) >= 11 is 1.49. The largest absolute Gasteiger partial charge is 0.312 e. The highest BCUT2D eigenvalue weighted by Crippen LogP contribution is 2.20. The minimum atomic E-state index is -3.37. The van der Waals surface area contributed by atoms with Gasteiger partial charge in [-0.3, -0.25) is 0 Å². The van der Waals surface area contributed by atoms with Crippen LogP contribution in [0.3, 0.4) is 0 Å². The van der Waals surface area contributed by atoms with Gasteiger partial charge in [-0.15, -0.1) is 11.3 Å². The fraction of sp³-hybridized carbons (Fsp3) is 0.714. The van der Waals surface area contributed by atoms with E-state index >= 15 is 0 Å². The molecule has 1 aliphatic heterocycles. The lowest BCUT2D eigenvalue weighted by Gasteiger charge is -2.19. The highest BCUT2D eigenvalue weighted by molar-refractivity contribution is 7.89. The summed E-state index contributed by atoms with van der Waals surface area (Å²) in [4.78, 5) is 3.67. The van der Waals surface area contributed by atoms with E-state index in [9.17, 15) is 8.42 Å². The van der Waals surface area contributed by atoms with Crippen molar-refractivity contribution in [3.8, 4) is 0 Å². The van der Waals surface area contributed by atoms with Crippen molar-refractivity contribution in [1.82, 2.24) is 14.9 Å². The van der Waals surface area contributed by atoms with Gasteiger partial charge in [-0.25, -0.2) is 13.1 Å². The second-order valence-corrected chi connectivity index (χ2v) is 8.32. The molecule has 0 aliphatic carbocycles. The van der Waals surface area contributed by atoms with Crippen molar-refractivity contribution in [2.24, 2.45) is 0 Å². The molecule has 0 aromatic carbocycles. The smallest absolute Gasteiger partial charge is 0.241 e. The first-order valence-electron chi connectivity index (χ1n) is 7.51. The average Bonchev–Trinajstić information content (AvgIpc) is 3.06. The molecule has 21 heavy (non-hydrogen) atoms. The summed E-state index contributed by atoms with van der Waals surface area (Å²) < 4.78 is 27.3. The maximum atomic E-state index is 12.3. The van der Waals surface area contributed by atoms with E-state index in [0.29, 0.717) is 17.5 Å². The molecule has 5 nitrogen and oxygen atoms in total. The van der Waals surface area contributed by atoms with Crippen LogP contribution in [0.15, 0.2) is 16.3 Å². The van der Waals surface area contributed by atoms with E-state index in [4.69, 9.17) is 0 Å². The third kappa shape index (κ3) is 4.75. The molecule has 1 saturated heterocycles. The van der Waals surface area contributed by atoms with Gasteiger partial charge in [-0.05, 0) is 45.5 Å². The van der Waals surface area contributed by atoms with Gasteiger partial charge in [0.15, 0.2) is 0 Å². The minimum absolute atomic E-state index is 0.323. The summed E-state index contributed by atoms with van der Waals surface area (Å²) in [7, 11) is -1.33. The normalized spacial score (nSPS) is 20.2. The molecule has 0 radical (unpaired) electrons. The molecular formula is C14H25N3O2S2. The Labute approximate surface area is 131 Å². The number of nitrogens with zero attached hydrogens (tertiary/aromatic N) is 1. The van der Waals surface area contributed by atoms with E-state index in [2.05, 4.69) is 21.9 Å². The first kappa shape index (κ1) is 16.9. The summed E-state index contributed by atoms with van der Waals surface area (Å²) in [5.74, 6) is 0. The Bertz CT molecular complexity index is 542. The van der Waals surface area contributed by atoms with E-state index < -0.39 is 10.0 Å². The summed E-state index contributed by atoms with van der Waals surface area (Å²) in [6.45, 7) is 5.35. The molecule has 7 heteroatoms. The number of hydrogen-bond donors (Lipinski definition) is 2. The Morgan fingerprint density at radius 2 is 2.29 bits per heavy atom. The molecule has 2 N–H and O–H groups in total. The Morgan fingerprint density at radius 3 is 2.95 bits per heavy atom. The van der Waals surface area contributed by atoms with Crippen LogP contribution < -0.4 is 10.0 Å². The van der Waals surface area contributed by atoms with Crippen LogP contribution in [-0.2, 0) is 16.6 Å². The predicted octanol–water partition coefficient (Wildman–Crippen LogP) is 1.62. The Kier molecular flexibility index (Phi) is 6.19. The van der Waals surface area contributed by atoms with Gasteiger partial charge in [0, 0.05) is 29.4 Å². The number of likely N-dealkylation sites (tertiary alicyclic amines) is 1. The average molecular weight is 332 g/mol. The molecule has 120 valence electrons. The second kappa shape index (κ2) is 7.69. The van der Waals surface area contributed by atoms with Crippen LogP contribution in [0.4, 0.5) is 0 Å². The summed E-state index contributed by atoms with van der Waals surface area (Å²) in [5.41, 5.74) is 0. The van der Waals surface area contributed by atoms with Crippen molar-refractivity contribution in [2.75, 3.05) is 26.7 Å². The van der Waals surface area contributed by atoms with Crippen molar-refractivity contribution in [1.29, 1.82) is 0 Å². The lowest BCUT2D eigenvalue weighted by atomic mass is 10.2. The molecular weight excluding hydrogens is 306 g/mol. The molecule has 0 saturated carbocycles. The van der Waals surface area contributed by atoms with Crippen LogP contribution in [0.2, 0.25) is 0 Å². The van der Waals surface area contributed by atoms with Gasteiger partial charge in [0.05, 0.1) is 4.90 Å². The maximum Gasteiger partial charge on any atom is 0.241 e. The number of nitrogens with one attached hydrogen (secondary N) is 2. The van der Waals surface area contributed by atoms with Gasteiger partial charge in [0.2, 0.25) is 10.0 Å². The van der Waals surface area contributed by atoms with Crippen molar-refractivity contribution in [3.63, 3.8) is 0 Å². The van der Waals surface area contributed by atoms with Gasteiger partial charge >= 0.3 is 0 Å². The summed E-state index contributed by atoms with van der Waals surface area (Å²) in [6.07, 6.45) is 3.29. The molecule has 1 aromatic rings. The molecule has 1 aliphatic rings. The van der Waals surface area contributed by atoms with Crippen molar-refractivity contribution < 1.29 is 8.42 Å². The zero-order valence-corrected chi connectivity index (χ0v) is 14.4. The lowest BCUT2D eigenvalue weighted by molar-refractivity contribution is 0.311. The van der Waals surface area contributed by atoms with Crippen molar-refractivity contribution in [3.05, 3.63) is 16.3 Å². The zero-order valence-electron chi connectivity index (χ0n) is 12.8. The Hall–Kier alpha value is -0.470. The van der Waals surface area contributed by atoms with Gasteiger partial charge in [-0.2, -0.15) is 0 Å². The van der Waals surface area contributed by atoms with Crippen LogP contribution in [0, 0.1) is 0 Å². The fourth-order valence-electron chi connectivity index (χ4n) is 2.51. The Morgan fingerprint density at radius 1 is 1.48 bits per heavy atom. The third-order valence-electron chi connectivity index (χ3n) is 3.85. The van der Waals surface area contributed by atoms with Crippen LogP contribution in [0.1, 0.15) is 31.1 Å². The fourth-order valence-corrected chi connectivity index (χ4v) is 4.83. The van der Waals surface area contributed by atoms with E-state index in [-0.39, 0.29) is 0 Å². The quantitative estimate of drug-likeness (QED) is 0.711. The van der Waals surface area contributed by atoms with E-state index in [1.165, 1.54) is 11.3 Å². The molecule has 2 heterocycles. The van der Waals surface area contributed by atoms with Crippen LogP contribution in [0.25, 0.3) is 0 Å². The van der Waals surface area contributed by atoms with Crippen molar-refractivity contribution >= 4 is 21.4 Å². The SMILES string of the molecule is CCCNCc1cc(S(=O)(=O)NCC2CCCN2C)cs1. The lowest BCUT2D eigenvalue weighted by Crippen LogP contribution is -2.38. The minimum Gasteiger partial charge on any atom is -0.312 e. The molecule has 1 aromatic heterocycles. The van der Waals surface area contributed by atoms with Gasteiger partial charge in [0.25, 0.3) is 0 Å². The number of sulfonamides is 1. The molecule has 0 amide bonds. The summed E-state index contributed by atoms with van der Waals surface area (Å²) in [5, 5.41) is 5.01. The zero-order chi connectivity index (χ0) is 15.3. The predicted molar refractivity (Wildman–Crippen MR) is 87.2 cm³/mol. The van der Waals surface area contributed by atoms with Crippen LogP contribution in [0.5, 0.6) is 0 Å². The maximum absolute atomic E-state index is 12.3. The van der Waals surface area contributed by atoms with Crippen LogP contribution in [-0.4, -0.2) is 46.0 Å². The number of rotatable bonds is 8. The summed E-state index contributed by atoms with van der Waals surface area (Å²) in [6, 6.07) is 2.10. The van der Waals surface area contributed by atoms with E-state index in [1.807, 2.05) is 7.05 Å². The van der Waals surface area contributed by atoms with Gasteiger partial charge in [-0.1, -0.05) is 6.92 Å². The van der Waals surface area contributed by atoms with Gasteiger partial charge in [0.1, 0.15) is 0 Å².